The monoisotopic (exact) mass is 584 g/mol. The van der Waals surface area contributed by atoms with Gasteiger partial charge in [0.15, 0.2) is 12.1 Å². The molecular weight excluding hydrogens is 540 g/mol. The molecule has 0 aromatic heterocycles. The van der Waals surface area contributed by atoms with E-state index >= 15 is 0 Å². The van der Waals surface area contributed by atoms with Crippen molar-refractivity contribution in [2.24, 2.45) is 11.3 Å². The van der Waals surface area contributed by atoms with Crippen molar-refractivity contribution < 1.29 is 74.4 Å². The molecule has 0 aromatic carbocycles. The van der Waals surface area contributed by atoms with Crippen molar-refractivity contribution >= 4 is 0 Å². The Morgan fingerprint density at radius 3 is 1.90 bits per heavy atom. The summed E-state index contributed by atoms with van der Waals surface area (Å²) in [4.78, 5) is 0. The van der Waals surface area contributed by atoms with Gasteiger partial charge in [-0.2, -0.15) is 0 Å². The van der Waals surface area contributed by atoms with Gasteiger partial charge in [-0.05, 0) is 20.8 Å². The molecule has 8 rings (SSSR count). The van der Waals surface area contributed by atoms with Crippen molar-refractivity contribution in [3.63, 3.8) is 0 Å². The molecule has 8 heterocycles. The predicted molar refractivity (Wildman–Crippen MR) is 130 cm³/mol. The van der Waals surface area contributed by atoms with E-state index in [9.17, 15) is 46.0 Å². The molecule has 0 saturated carbocycles. The average Bonchev–Trinajstić information content (AvgIpc) is 2.92. The van der Waals surface area contributed by atoms with Crippen molar-refractivity contribution in [2.75, 3.05) is 26.4 Å². The van der Waals surface area contributed by atoms with Crippen molar-refractivity contribution in [3.8, 4) is 0 Å². The van der Waals surface area contributed by atoms with E-state index in [0.717, 1.165) is 0 Å². The number of ether oxygens (including phenoxy) is 6. The number of hydrogen-bond donors (Lipinski definition) is 9. The highest BCUT2D eigenvalue weighted by atomic mass is 16.8. The Balaban J connectivity index is 1.76. The van der Waals surface area contributed by atoms with Gasteiger partial charge in [-0.25, -0.2) is 0 Å². The second-order valence-electron chi connectivity index (χ2n) is 11.7. The summed E-state index contributed by atoms with van der Waals surface area (Å²) >= 11 is 0. The zero-order valence-electron chi connectivity index (χ0n) is 23.0. The first-order valence-corrected chi connectivity index (χ1v) is 13.6. The summed E-state index contributed by atoms with van der Waals surface area (Å²) in [5.41, 5.74) is -1.42. The highest BCUT2D eigenvalue weighted by Gasteiger charge is 2.59. The maximum Gasteiger partial charge on any atom is 0.195 e. The molecule has 0 amide bonds. The normalized spacial score (nSPS) is 56.2. The molecule has 0 aliphatic carbocycles. The van der Waals surface area contributed by atoms with Gasteiger partial charge < -0.3 is 74.4 Å². The van der Waals surface area contributed by atoms with E-state index < -0.39 is 129 Å². The molecule has 40 heavy (non-hydrogen) atoms. The first-order valence-electron chi connectivity index (χ1n) is 13.6. The molecule has 17 atom stereocenters. The lowest BCUT2D eigenvalue weighted by Crippen LogP contribution is -2.70. The largest absolute Gasteiger partial charge is 0.394 e. The molecule has 8 aliphatic rings. The Bertz CT molecular complexity index is 843. The first-order chi connectivity index (χ1) is 18.7. The first kappa shape index (κ1) is 32.3. The van der Waals surface area contributed by atoms with Gasteiger partial charge in [0.05, 0.1) is 63.1 Å². The molecule has 6 bridgehead atoms. The maximum atomic E-state index is 11.2. The summed E-state index contributed by atoms with van der Waals surface area (Å²) in [6.45, 7) is 3.58. The molecule has 8 aliphatic heterocycles. The Morgan fingerprint density at radius 2 is 1.30 bits per heavy atom. The molecule has 15 nitrogen and oxygen atoms in total. The van der Waals surface area contributed by atoms with Crippen LogP contribution in [0.15, 0.2) is 0 Å². The van der Waals surface area contributed by atoms with Crippen LogP contribution in [0.5, 0.6) is 0 Å². The van der Waals surface area contributed by atoms with Crippen LogP contribution >= 0.6 is 0 Å². The van der Waals surface area contributed by atoms with E-state index in [1.807, 2.05) is 0 Å². The van der Waals surface area contributed by atoms with E-state index in [-0.39, 0.29) is 0 Å². The molecule has 8 saturated heterocycles. The van der Waals surface area contributed by atoms with Crippen LogP contribution in [0.3, 0.4) is 0 Å². The van der Waals surface area contributed by atoms with E-state index in [2.05, 4.69) is 0 Å². The van der Waals surface area contributed by atoms with E-state index in [1.165, 1.54) is 13.8 Å². The second-order valence-corrected chi connectivity index (χ2v) is 11.7. The van der Waals surface area contributed by atoms with Gasteiger partial charge in [0.2, 0.25) is 0 Å². The summed E-state index contributed by atoms with van der Waals surface area (Å²) < 4.78 is 35.3. The zero-order valence-corrected chi connectivity index (χ0v) is 23.0. The molecule has 17 unspecified atom stereocenters. The van der Waals surface area contributed by atoms with E-state index in [1.54, 1.807) is 13.8 Å². The Kier molecular flexibility index (Phi) is 9.84. The lowest BCUT2D eigenvalue weighted by molar-refractivity contribution is -0.402. The molecule has 0 spiro atoms. The average molecular weight is 585 g/mol. The minimum Gasteiger partial charge on any atom is -0.394 e. The van der Waals surface area contributed by atoms with Crippen LogP contribution in [0.2, 0.25) is 0 Å². The highest BCUT2D eigenvalue weighted by Crippen LogP contribution is 2.43. The van der Waals surface area contributed by atoms with Gasteiger partial charge in [0.25, 0.3) is 0 Å². The smallest absolute Gasteiger partial charge is 0.195 e. The van der Waals surface area contributed by atoms with Gasteiger partial charge in [0, 0.05) is 11.3 Å². The van der Waals surface area contributed by atoms with Gasteiger partial charge in [-0.3, -0.25) is 0 Å². The molecule has 234 valence electrons. The van der Waals surface area contributed by atoms with Crippen molar-refractivity contribution in [1.29, 1.82) is 0 Å². The van der Waals surface area contributed by atoms with Gasteiger partial charge in [0.1, 0.15) is 42.7 Å². The minimum absolute atomic E-state index is 0.404. The molecule has 15 heteroatoms. The summed E-state index contributed by atoms with van der Waals surface area (Å²) in [6.07, 6.45) is -19.5. The van der Waals surface area contributed by atoms with Crippen molar-refractivity contribution in [2.45, 2.75) is 119 Å². The van der Waals surface area contributed by atoms with Crippen LogP contribution in [0.25, 0.3) is 0 Å². The fourth-order valence-corrected chi connectivity index (χ4v) is 6.40. The summed E-state index contributed by atoms with van der Waals surface area (Å²) in [5.74, 6) is -3.05. The third-order valence-electron chi connectivity index (χ3n) is 8.99. The number of fused-ring (bicyclic) bond motifs is 1. The quantitative estimate of drug-likeness (QED) is 0.152. The summed E-state index contributed by atoms with van der Waals surface area (Å²) in [5, 5.41) is 96.6. The molecular formula is C25H44O15. The highest BCUT2D eigenvalue weighted by molar-refractivity contribution is 5.04. The second kappa shape index (κ2) is 12.2. The van der Waals surface area contributed by atoms with Crippen LogP contribution < -0.4 is 0 Å². The lowest BCUT2D eigenvalue weighted by Gasteiger charge is -2.54. The fourth-order valence-electron chi connectivity index (χ4n) is 6.40. The number of rotatable bonds is 3. The summed E-state index contributed by atoms with van der Waals surface area (Å²) in [7, 11) is 0. The number of aliphatic hydroxyl groups excluding tert-OH is 9. The van der Waals surface area contributed by atoms with Crippen LogP contribution in [0, 0.1) is 11.3 Å². The fraction of sp³-hybridized carbons (Fsp3) is 1.00. The van der Waals surface area contributed by atoms with Crippen LogP contribution in [0.4, 0.5) is 0 Å². The van der Waals surface area contributed by atoms with Crippen LogP contribution in [-0.4, -0.2) is 164 Å². The van der Waals surface area contributed by atoms with E-state index in [4.69, 9.17) is 28.4 Å². The van der Waals surface area contributed by atoms with Crippen molar-refractivity contribution in [1.82, 2.24) is 0 Å². The zero-order chi connectivity index (χ0) is 29.7. The SMILES string of the molecule is CC1OC(C)C2C(CO)OC(C)(OC3C(CO)OC(OCC4(C)C(CO)OC1C(O)C4O)C(O)C3O)C(O)C2O. The Morgan fingerprint density at radius 1 is 0.650 bits per heavy atom. The third kappa shape index (κ3) is 5.44. The van der Waals surface area contributed by atoms with E-state index in [0.29, 0.717) is 0 Å². The number of aliphatic hydroxyl groups is 9. The standard InChI is InChI=1S/C25H44O15/c1-9-14-11(5-26)39-25(4,22(34)15(14)29)40-20-12(6-27)37-23(17(31)16(20)30)35-8-24(3)13(7-28)38-19(10(2)36-9)18(32)21(24)33/h9-23,26-34H,5-8H2,1-4H3. The Labute approximate surface area is 231 Å². The molecule has 8 fully saturated rings. The summed E-state index contributed by atoms with van der Waals surface area (Å²) in [6, 6.07) is 0. The predicted octanol–water partition coefficient (Wildman–Crippen LogP) is -4.43. The van der Waals surface area contributed by atoms with Crippen molar-refractivity contribution in [3.05, 3.63) is 0 Å². The topological polar surface area (TPSA) is 237 Å². The van der Waals surface area contributed by atoms with Gasteiger partial charge in [-0.15, -0.1) is 0 Å². The third-order valence-corrected chi connectivity index (χ3v) is 8.99. The van der Waals surface area contributed by atoms with Gasteiger partial charge >= 0.3 is 0 Å². The van der Waals surface area contributed by atoms with Gasteiger partial charge in [-0.1, -0.05) is 6.92 Å². The van der Waals surface area contributed by atoms with Crippen LogP contribution in [-0.2, 0) is 28.4 Å². The number of hydrogen-bond acceptors (Lipinski definition) is 15. The lowest BCUT2D eigenvalue weighted by atomic mass is 9.73. The molecule has 0 radical (unpaired) electrons. The molecule has 0 aromatic rings. The Hall–Kier alpha value is -0.600. The maximum absolute atomic E-state index is 11.2. The van der Waals surface area contributed by atoms with Crippen LogP contribution in [0.1, 0.15) is 27.7 Å². The minimum atomic E-state index is -2.03. The molecule has 9 N–H and O–H groups in total.